The molecule has 5 atom stereocenters. The standard InChI is InChI=1S/C22H24Cl2N2O5/c1-10(2)19(26-20(28)17-11-3-4-12(7-11)18(17)21(26)29)22(30)31-9-16(27)25-15-6-5-13(23)8-14(15)24/h5-6,8,10-12,17-19H,3-4,7,9H2,1-2H3,(H,25,27)/t11-,12-,17+,18+,19+/m0/s1. The highest BCUT2D eigenvalue weighted by Gasteiger charge is 2.62. The third-order valence-corrected chi connectivity index (χ3v) is 7.21. The van der Waals surface area contributed by atoms with E-state index in [2.05, 4.69) is 5.32 Å². The topological polar surface area (TPSA) is 92.8 Å². The maximum Gasteiger partial charge on any atom is 0.330 e. The van der Waals surface area contributed by atoms with Gasteiger partial charge in [-0.15, -0.1) is 0 Å². The minimum Gasteiger partial charge on any atom is -0.454 e. The normalized spacial score (nSPS) is 27.6. The van der Waals surface area contributed by atoms with Crippen molar-refractivity contribution in [1.82, 2.24) is 4.90 Å². The van der Waals surface area contributed by atoms with E-state index in [-0.39, 0.29) is 46.4 Å². The molecule has 1 saturated heterocycles. The minimum absolute atomic E-state index is 0.232. The zero-order chi connectivity index (χ0) is 22.4. The molecule has 0 aromatic heterocycles. The summed E-state index contributed by atoms with van der Waals surface area (Å²) in [5.74, 6) is -2.39. The first-order valence-electron chi connectivity index (χ1n) is 10.5. The summed E-state index contributed by atoms with van der Waals surface area (Å²) in [6, 6.07) is 3.54. The predicted molar refractivity (Wildman–Crippen MR) is 114 cm³/mol. The van der Waals surface area contributed by atoms with Gasteiger partial charge in [0, 0.05) is 5.02 Å². The summed E-state index contributed by atoms with van der Waals surface area (Å²) < 4.78 is 5.20. The van der Waals surface area contributed by atoms with Crippen LogP contribution in [0.3, 0.4) is 0 Å². The number of halogens is 2. The zero-order valence-corrected chi connectivity index (χ0v) is 18.8. The number of ether oxygens (including phenoxy) is 1. The average molecular weight is 467 g/mol. The van der Waals surface area contributed by atoms with Crippen molar-refractivity contribution in [3.05, 3.63) is 28.2 Å². The summed E-state index contributed by atoms with van der Waals surface area (Å²) in [5.41, 5.74) is 0.334. The van der Waals surface area contributed by atoms with E-state index in [1.54, 1.807) is 19.9 Å². The number of anilines is 1. The fourth-order valence-electron chi connectivity index (χ4n) is 5.38. The fraction of sp³-hybridized carbons (Fsp3) is 0.545. The molecule has 2 aliphatic carbocycles. The van der Waals surface area contributed by atoms with Crippen LogP contribution in [0, 0.1) is 29.6 Å². The van der Waals surface area contributed by atoms with E-state index in [4.69, 9.17) is 27.9 Å². The van der Waals surface area contributed by atoms with Crippen molar-refractivity contribution in [1.29, 1.82) is 0 Å². The van der Waals surface area contributed by atoms with Crippen molar-refractivity contribution in [2.75, 3.05) is 11.9 Å². The van der Waals surface area contributed by atoms with E-state index in [1.165, 1.54) is 12.1 Å². The lowest BCUT2D eigenvalue weighted by molar-refractivity contribution is -0.162. The maximum absolute atomic E-state index is 13.1. The Balaban J connectivity index is 1.42. The number of carbonyl (C=O) groups is 4. The van der Waals surface area contributed by atoms with Gasteiger partial charge in [-0.3, -0.25) is 19.3 Å². The van der Waals surface area contributed by atoms with Crippen LogP contribution in [-0.2, 0) is 23.9 Å². The highest BCUT2D eigenvalue weighted by molar-refractivity contribution is 6.36. The molecule has 4 rings (SSSR count). The number of imide groups is 1. The molecule has 1 aliphatic heterocycles. The average Bonchev–Trinajstić information content (AvgIpc) is 3.38. The molecular formula is C22H24Cl2N2O5. The quantitative estimate of drug-likeness (QED) is 0.511. The van der Waals surface area contributed by atoms with Gasteiger partial charge in [-0.25, -0.2) is 4.79 Å². The van der Waals surface area contributed by atoms with Crippen LogP contribution in [0.4, 0.5) is 5.69 Å². The van der Waals surface area contributed by atoms with Crippen LogP contribution in [-0.4, -0.2) is 41.2 Å². The van der Waals surface area contributed by atoms with Crippen molar-refractivity contribution in [3.63, 3.8) is 0 Å². The summed E-state index contributed by atoms with van der Waals surface area (Å²) in [6.07, 6.45) is 2.84. The van der Waals surface area contributed by atoms with Gasteiger partial charge >= 0.3 is 5.97 Å². The largest absolute Gasteiger partial charge is 0.454 e. The zero-order valence-electron chi connectivity index (χ0n) is 17.3. The smallest absolute Gasteiger partial charge is 0.330 e. The molecule has 2 bridgehead atoms. The Labute approximate surface area is 190 Å². The van der Waals surface area contributed by atoms with Crippen LogP contribution in [0.25, 0.3) is 0 Å². The number of carbonyl (C=O) groups excluding carboxylic acids is 4. The second-order valence-electron chi connectivity index (χ2n) is 8.90. The first-order chi connectivity index (χ1) is 14.7. The van der Waals surface area contributed by atoms with E-state index in [9.17, 15) is 19.2 Å². The number of hydrogen-bond donors (Lipinski definition) is 1. The van der Waals surface area contributed by atoms with Crippen LogP contribution in [0.2, 0.25) is 10.0 Å². The molecule has 31 heavy (non-hydrogen) atoms. The summed E-state index contributed by atoms with van der Waals surface area (Å²) in [5, 5.41) is 3.22. The molecule has 1 N–H and O–H groups in total. The van der Waals surface area contributed by atoms with E-state index >= 15 is 0 Å². The number of nitrogens with zero attached hydrogens (tertiary/aromatic N) is 1. The minimum atomic E-state index is -1.04. The Hall–Kier alpha value is -2.12. The van der Waals surface area contributed by atoms with Gasteiger partial charge in [0.2, 0.25) is 11.8 Å². The van der Waals surface area contributed by atoms with Crippen molar-refractivity contribution >= 4 is 52.6 Å². The van der Waals surface area contributed by atoms with Gasteiger partial charge in [0.25, 0.3) is 5.91 Å². The number of fused-ring (bicyclic) bond motifs is 5. The third-order valence-electron chi connectivity index (χ3n) is 6.66. The van der Waals surface area contributed by atoms with E-state index < -0.39 is 24.5 Å². The predicted octanol–water partition coefficient (Wildman–Crippen LogP) is 3.53. The van der Waals surface area contributed by atoms with Gasteiger partial charge in [-0.05, 0) is 55.2 Å². The van der Waals surface area contributed by atoms with Gasteiger partial charge in [0.05, 0.1) is 22.5 Å². The van der Waals surface area contributed by atoms with Crippen LogP contribution < -0.4 is 5.32 Å². The van der Waals surface area contributed by atoms with E-state index in [0.29, 0.717) is 10.7 Å². The van der Waals surface area contributed by atoms with Gasteiger partial charge in [-0.1, -0.05) is 37.0 Å². The number of likely N-dealkylation sites (tertiary alicyclic amines) is 1. The van der Waals surface area contributed by atoms with Gasteiger partial charge in [0.15, 0.2) is 6.61 Å². The lowest BCUT2D eigenvalue weighted by Crippen LogP contribution is -2.50. The molecule has 3 aliphatic rings. The van der Waals surface area contributed by atoms with Gasteiger partial charge < -0.3 is 10.1 Å². The van der Waals surface area contributed by atoms with Crippen molar-refractivity contribution < 1.29 is 23.9 Å². The molecule has 1 heterocycles. The molecule has 3 amide bonds. The summed E-state index contributed by atoms with van der Waals surface area (Å²) in [7, 11) is 0. The molecule has 3 fully saturated rings. The SMILES string of the molecule is CC(C)[C@H](C(=O)OCC(=O)Nc1ccc(Cl)cc1Cl)N1C(=O)[C@@H]2[C@H]3CC[C@@H](C3)[C@H]2C1=O. The van der Waals surface area contributed by atoms with E-state index in [1.807, 2.05) is 0 Å². The number of hydrogen-bond acceptors (Lipinski definition) is 5. The molecule has 7 nitrogen and oxygen atoms in total. The molecule has 0 radical (unpaired) electrons. The number of esters is 1. The van der Waals surface area contributed by atoms with Crippen LogP contribution >= 0.6 is 23.2 Å². The molecule has 2 saturated carbocycles. The molecular weight excluding hydrogens is 443 g/mol. The Kier molecular flexibility index (Phi) is 6.01. The van der Waals surface area contributed by atoms with Crippen LogP contribution in [0.5, 0.6) is 0 Å². The van der Waals surface area contributed by atoms with Crippen molar-refractivity contribution in [2.45, 2.75) is 39.2 Å². The summed E-state index contributed by atoms with van der Waals surface area (Å²) in [6.45, 7) is 2.95. The number of rotatable bonds is 6. The van der Waals surface area contributed by atoms with Crippen molar-refractivity contribution in [3.8, 4) is 0 Å². The molecule has 1 aromatic carbocycles. The Morgan fingerprint density at radius 1 is 1.13 bits per heavy atom. The molecule has 166 valence electrons. The third kappa shape index (κ3) is 3.94. The molecule has 0 unspecified atom stereocenters. The number of amides is 3. The highest BCUT2D eigenvalue weighted by Crippen LogP contribution is 2.56. The summed E-state index contributed by atoms with van der Waals surface area (Å²) in [4.78, 5) is 52.3. The lowest BCUT2D eigenvalue weighted by atomic mass is 9.81. The molecule has 0 spiro atoms. The number of nitrogens with one attached hydrogen (secondary N) is 1. The maximum atomic E-state index is 13.1. The highest BCUT2D eigenvalue weighted by atomic mass is 35.5. The van der Waals surface area contributed by atoms with Gasteiger partial charge in [-0.2, -0.15) is 0 Å². The van der Waals surface area contributed by atoms with Crippen LogP contribution in [0.15, 0.2) is 18.2 Å². The molecule has 9 heteroatoms. The Morgan fingerprint density at radius 3 is 2.29 bits per heavy atom. The second kappa shape index (κ2) is 8.43. The summed E-state index contributed by atoms with van der Waals surface area (Å²) >= 11 is 11.9. The number of benzene rings is 1. The van der Waals surface area contributed by atoms with Crippen LogP contribution in [0.1, 0.15) is 33.1 Å². The Bertz CT molecular complexity index is 922. The Morgan fingerprint density at radius 2 is 1.74 bits per heavy atom. The van der Waals surface area contributed by atoms with Gasteiger partial charge in [0.1, 0.15) is 6.04 Å². The first kappa shape index (κ1) is 22.1. The van der Waals surface area contributed by atoms with E-state index in [0.717, 1.165) is 24.2 Å². The fourth-order valence-corrected chi connectivity index (χ4v) is 5.84. The second-order valence-corrected chi connectivity index (χ2v) is 9.74. The first-order valence-corrected chi connectivity index (χ1v) is 11.2. The monoisotopic (exact) mass is 466 g/mol. The molecule has 1 aromatic rings. The lowest BCUT2D eigenvalue weighted by Gasteiger charge is -2.28. The van der Waals surface area contributed by atoms with Crippen molar-refractivity contribution in [2.24, 2.45) is 29.6 Å².